The Kier molecular flexibility index (Phi) is 10.6. The summed E-state index contributed by atoms with van der Waals surface area (Å²) in [4.78, 5) is 23.3. The monoisotopic (exact) mass is 551 g/mol. The van der Waals surface area contributed by atoms with Crippen LogP contribution in [-0.2, 0) is 9.47 Å². The molecule has 0 radical (unpaired) electrons. The molecule has 2 aliphatic rings. The van der Waals surface area contributed by atoms with Gasteiger partial charge in [-0.15, -0.1) is 35.3 Å². The van der Waals surface area contributed by atoms with Gasteiger partial charge in [0.15, 0.2) is 5.96 Å². The van der Waals surface area contributed by atoms with Crippen molar-refractivity contribution in [2.75, 3.05) is 52.5 Å². The van der Waals surface area contributed by atoms with Crippen LogP contribution in [0.5, 0.6) is 0 Å². The molecule has 0 bridgehead atoms. The second-order valence-electron chi connectivity index (χ2n) is 7.44. The van der Waals surface area contributed by atoms with Gasteiger partial charge in [0.05, 0.1) is 32.4 Å². The van der Waals surface area contributed by atoms with Crippen LogP contribution in [0.2, 0.25) is 0 Å². The lowest BCUT2D eigenvalue weighted by Crippen LogP contribution is -2.48. The Labute approximate surface area is 200 Å². The number of hydrogen-bond acceptors (Lipinski definition) is 6. The Morgan fingerprint density at radius 2 is 2.03 bits per heavy atom. The van der Waals surface area contributed by atoms with Gasteiger partial charge >= 0.3 is 6.09 Å². The maximum Gasteiger partial charge on any atom is 0.409 e. The van der Waals surface area contributed by atoms with Crippen molar-refractivity contribution in [3.63, 3.8) is 0 Å². The molecule has 1 atom stereocenters. The van der Waals surface area contributed by atoms with Gasteiger partial charge < -0.3 is 25.4 Å². The average Bonchev–Trinajstić information content (AvgIpc) is 3.15. The topological polar surface area (TPSA) is 92.4 Å². The van der Waals surface area contributed by atoms with Crippen molar-refractivity contribution < 1.29 is 14.3 Å². The smallest absolute Gasteiger partial charge is 0.409 e. The summed E-state index contributed by atoms with van der Waals surface area (Å²) in [5, 5.41) is 3.33. The van der Waals surface area contributed by atoms with E-state index >= 15 is 0 Å². The van der Waals surface area contributed by atoms with Gasteiger partial charge in [0.2, 0.25) is 0 Å². The molecule has 1 aromatic heterocycles. The van der Waals surface area contributed by atoms with Crippen LogP contribution in [0.25, 0.3) is 0 Å². The number of nitrogens with zero attached hydrogens (tertiary/aromatic N) is 3. The third-order valence-corrected chi connectivity index (χ3v) is 6.49. The molecule has 2 fully saturated rings. The fourth-order valence-corrected chi connectivity index (χ4v) is 4.77. The average molecular weight is 551 g/mol. The summed E-state index contributed by atoms with van der Waals surface area (Å²) >= 11 is 1.82. The third-order valence-electron chi connectivity index (χ3n) is 5.38. The summed E-state index contributed by atoms with van der Waals surface area (Å²) in [6.07, 6.45) is 1.45. The van der Waals surface area contributed by atoms with E-state index in [1.807, 2.05) is 18.3 Å². The molecule has 3 heterocycles. The van der Waals surface area contributed by atoms with E-state index in [1.54, 1.807) is 4.90 Å². The number of piperidine rings is 1. The Morgan fingerprint density at radius 1 is 1.33 bits per heavy atom. The molecule has 0 spiro atoms. The first-order chi connectivity index (χ1) is 14.1. The van der Waals surface area contributed by atoms with Crippen molar-refractivity contribution in [2.45, 2.75) is 38.8 Å². The lowest BCUT2D eigenvalue weighted by molar-refractivity contribution is 0.0186. The number of carbonyl (C=O) groups is 1. The molecule has 170 valence electrons. The van der Waals surface area contributed by atoms with Crippen molar-refractivity contribution in [3.8, 4) is 0 Å². The van der Waals surface area contributed by atoms with E-state index in [4.69, 9.17) is 15.2 Å². The number of aliphatic imine (C=N–C) groups is 1. The van der Waals surface area contributed by atoms with Gasteiger partial charge in [0.25, 0.3) is 0 Å². The number of likely N-dealkylation sites (tertiary alicyclic amines) is 1. The number of hydrogen-bond donors (Lipinski definition) is 2. The lowest BCUT2D eigenvalue weighted by Gasteiger charge is -2.33. The Hall–Kier alpha value is -1.11. The molecule has 10 heteroatoms. The first kappa shape index (κ1) is 25.2. The SMILES string of the molecule is CCOC(=O)N1CCC(NC(N)=NCC(c2ccc(C)s2)N2CCOCC2)CC1.I. The highest BCUT2D eigenvalue weighted by Gasteiger charge is 2.25. The molecule has 30 heavy (non-hydrogen) atoms. The van der Waals surface area contributed by atoms with Gasteiger partial charge in [-0.3, -0.25) is 9.89 Å². The molecule has 3 rings (SSSR count). The van der Waals surface area contributed by atoms with E-state index in [0.717, 1.165) is 39.1 Å². The number of thiophene rings is 1. The number of aryl methyl sites for hydroxylation is 1. The van der Waals surface area contributed by atoms with Gasteiger partial charge in [0.1, 0.15) is 0 Å². The fourth-order valence-electron chi connectivity index (χ4n) is 3.77. The summed E-state index contributed by atoms with van der Waals surface area (Å²) in [7, 11) is 0. The van der Waals surface area contributed by atoms with Crippen LogP contribution in [-0.4, -0.2) is 80.4 Å². The standard InChI is InChI=1S/C20H33N5O3S.HI/c1-3-28-20(26)25-8-6-16(7-9-25)23-19(21)22-14-17(18-5-4-15(2)29-18)24-10-12-27-13-11-24;/h4-5,16-17H,3,6-14H2,1-2H3,(H3,21,22,23);1H. The summed E-state index contributed by atoms with van der Waals surface area (Å²) in [5.41, 5.74) is 6.20. The van der Waals surface area contributed by atoms with Gasteiger partial charge in [0, 0.05) is 42.0 Å². The number of guanidine groups is 1. The minimum absolute atomic E-state index is 0. The summed E-state index contributed by atoms with van der Waals surface area (Å²) in [6.45, 7) is 9.69. The second kappa shape index (κ2) is 12.7. The minimum Gasteiger partial charge on any atom is -0.450 e. The molecule has 0 aromatic carbocycles. The van der Waals surface area contributed by atoms with Crippen LogP contribution in [0.4, 0.5) is 4.79 Å². The third kappa shape index (κ3) is 7.24. The van der Waals surface area contributed by atoms with E-state index in [1.165, 1.54) is 9.75 Å². The zero-order valence-corrected chi connectivity index (χ0v) is 21.0. The number of nitrogens with one attached hydrogen (secondary N) is 1. The minimum atomic E-state index is -0.229. The van der Waals surface area contributed by atoms with Crippen LogP contribution in [0.15, 0.2) is 17.1 Å². The predicted molar refractivity (Wildman–Crippen MR) is 131 cm³/mol. The van der Waals surface area contributed by atoms with Crippen molar-refractivity contribution >= 4 is 47.4 Å². The van der Waals surface area contributed by atoms with Crippen LogP contribution < -0.4 is 11.1 Å². The highest BCUT2D eigenvalue weighted by atomic mass is 127. The molecule has 1 unspecified atom stereocenters. The van der Waals surface area contributed by atoms with Gasteiger partial charge in [-0.25, -0.2) is 4.79 Å². The van der Waals surface area contributed by atoms with Crippen molar-refractivity contribution in [2.24, 2.45) is 10.7 Å². The number of ether oxygens (including phenoxy) is 2. The van der Waals surface area contributed by atoms with Crippen molar-refractivity contribution in [1.82, 2.24) is 15.1 Å². The maximum atomic E-state index is 11.8. The van der Waals surface area contributed by atoms with Crippen molar-refractivity contribution in [3.05, 3.63) is 21.9 Å². The molecule has 0 aliphatic carbocycles. The Balaban J connectivity index is 0.00000320. The predicted octanol–water partition coefficient (Wildman–Crippen LogP) is 2.57. The summed E-state index contributed by atoms with van der Waals surface area (Å²) in [6, 6.07) is 4.82. The second-order valence-corrected chi connectivity index (χ2v) is 8.76. The van der Waals surface area contributed by atoms with Gasteiger partial charge in [-0.2, -0.15) is 0 Å². The van der Waals surface area contributed by atoms with Gasteiger partial charge in [-0.05, 0) is 38.8 Å². The van der Waals surface area contributed by atoms with Crippen LogP contribution >= 0.6 is 35.3 Å². The highest BCUT2D eigenvalue weighted by Crippen LogP contribution is 2.28. The van der Waals surface area contributed by atoms with E-state index in [2.05, 4.69) is 34.3 Å². The number of amides is 1. The molecule has 2 aliphatic heterocycles. The number of carbonyl (C=O) groups excluding carboxylic acids is 1. The molecular formula is C20H34IN5O3S. The molecule has 1 amide bonds. The molecule has 1 aromatic rings. The highest BCUT2D eigenvalue weighted by molar-refractivity contribution is 14.0. The lowest BCUT2D eigenvalue weighted by atomic mass is 10.1. The van der Waals surface area contributed by atoms with Crippen LogP contribution in [0.1, 0.15) is 35.6 Å². The molecular weight excluding hydrogens is 517 g/mol. The first-order valence-corrected chi connectivity index (χ1v) is 11.2. The Bertz CT molecular complexity index is 688. The van der Waals surface area contributed by atoms with Crippen molar-refractivity contribution in [1.29, 1.82) is 0 Å². The quantitative estimate of drug-likeness (QED) is 0.321. The fraction of sp³-hybridized carbons (Fsp3) is 0.700. The zero-order valence-electron chi connectivity index (χ0n) is 17.8. The van der Waals surface area contributed by atoms with E-state index < -0.39 is 0 Å². The summed E-state index contributed by atoms with van der Waals surface area (Å²) < 4.78 is 10.6. The molecule has 0 saturated carbocycles. The first-order valence-electron chi connectivity index (χ1n) is 10.4. The number of rotatable bonds is 6. The van der Waals surface area contributed by atoms with E-state index in [0.29, 0.717) is 32.2 Å². The maximum absolute atomic E-state index is 11.8. The summed E-state index contributed by atoms with van der Waals surface area (Å²) in [5.74, 6) is 0.478. The van der Waals surface area contributed by atoms with Crippen LogP contribution in [0.3, 0.4) is 0 Å². The molecule has 2 saturated heterocycles. The van der Waals surface area contributed by atoms with E-state index in [-0.39, 0.29) is 42.2 Å². The Morgan fingerprint density at radius 3 is 2.63 bits per heavy atom. The molecule has 8 nitrogen and oxygen atoms in total. The van der Waals surface area contributed by atoms with E-state index in [9.17, 15) is 4.79 Å². The number of nitrogens with two attached hydrogens (primary N) is 1. The zero-order chi connectivity index (χ0) is 20.6. The number of halogens is 1. The number of morpholine rings is 1. The largest absolute Gasteiger partial charge is 0.450 e. The van der Waals surface area contributed by atoms with Crippen LogP contribution in [0, 0.1) is 6.92 Å². The van der Waals surface area contributed by atoms with Gasteiger partial charge in [-0.1, -0.05) is 0 Å². The normalized spacial score (nSPS) is 19.8. The molecule has 3 N–H and O–H groups in total.